The first-order chi connectivity index (χ1) is 12.8. The largest absolute Gasteiger partial charge is 0.367 e. The van der Waals surface area contributed by atoms with Gasteiger partial charge in [-0.15, -0.1) is 0 Å². The lowest BCUT2D eigenvalue weighted by Gasteiger charge is -2.07. The lowest BCUT2D eigenvalue weighted by Crippen LogP contribution is -2.18. The van der Waals surface area contributed by atoms with Crippen molar-refractivity contribution in [1.82, 2.24) is 0 Å². The Labute approximate surface area is 156 Å². The van der Waals surface area contributed by atoms with Gasteiger partial charge in [0.05, 0.1) is 0 Å². The third-order valence-corrected chi connectivity index (χ3v) is 5.14. The fourth-order valence-electron chi connectivity index (χ4n) is 3.60. The number of carbonyl (C=O) groups excluding carboxylic acids is 1. The molecular formula is C23H29NO2. The van der Waals surface area contributed by atoms with Crippen LogP contribution in [0.3, 0.4) is 0 Å². The Balaban J connectivity index is 1.30. The molecule has 0 unspecified atom stereocenters. The predicted octanol–water partition coefficient (Wildman–Crippen LogP) is 4.74. The van der Waals surface area contributed by atoms with Gasteiger partial charge in [0.15, 0.2) is 6.10 Å². The van der Waals surface area contributed by atoms with E-state index in [9.17, 15) is 4.79 Å². The number of hydrogen-bond donors (Lipinski definition) is 1. The number of ether oxygens (including phenoxy) is 1. The van der Waals surface area contributed by atoms with Crippen LogP contribution in [0.4, 0.5) is 0 Å². The summed E-state index contributed by atoms with van der Waals surface area (Å²) < 4.78 is 5.44. The molecule has 1 saturated heterocycles. The van der Waals surface area contributed by atoms with E-state index in [1.807, 2.05) is 6.07 Å². The molecule has 0 saturated carbocycles. The zero-order valence-electron chi connectivity index (χ0n) is 15.4. The summed E-state index contributed by atoms with van der Waals surface area (Å²) in [7, 11) is 0. The smallest absolute Gasteiger partial charge is 0.249 e. The van der Waals surface area contributed by atoms with Gasteiger partial charge in [0.1, 0.15) is 6.10 Å². The number of hydrogen-bond acceptors (Lipinski definition) is 2. The molecule has 0 bridgehead atoms. The first-order valence-corrected chi connectivity index (χ1v) is 9.82. The summed E-state index contributed by atoms with van der Waals surface area (Å²) >= 11 is 0. The maximum Gasteiger partial charge on any atom is 0.249 e. The Morgan fingerprint density at radius 2 is 1.42 bits per heavy atom. The van der Waals surface area contributed by atoms with Crippen molar-refractivity contribution in [1.29, 1.82) is 0 Å². The number of aryl methyl sites for hydroxylation is 2. The maximum atomic E-state index is 11.2. The van der Waals surface area contributed by atoms with Crippen LogP contribution in [-0.2, 0) is 22.4 Å². The van der Waals surface area contributed by atoms with Crippen molar-refractivity contribution in [2.75, 3.05) is 0 Å². The molecule has 138 valence electrons. The van der Waals surface area contributed by atoms with Crippen molar-refractivity contribution in [3.8, 4) is 0 Å². The van der Waals surface area contributed by atoms with E-state index in [-0.39, 0.29) is 12.0 Å². The molecule has 2 atom stereocenters. The first-order valence-electron chi connectivity index (χ1n) is 9.82. The van der Waals surface area contributed by atoms with Crippen LogP contribution in [0.2, 0.25) is 0 Å². The first kappa shape index (κ1) is 18.7. The third-order valence-electron chi connectivity index (χ3n) is 5.14. The van der Waals surface area contributed by atoms with Crippen molar-refractivity contribution in [2.45, 2.75) is 63.6 Å². The second-order valence-electron chi connectivity index (χ2n) is 7.19. The summed E-state index contributed by atoms with van der Waals surface area (Å²) in [5.74, 6) is -0.361. The van der Waals surface area contributed by atoms with Gasteiger partial charge in [-0.05, 0) is 42.4 Å². The number of carbonyl (C=O) groups is 1. The average Bonchev–Trinajstić information content (AvgIpc) is 3.46. The molecule has 1 aliphatic heterocycles. The standard InChI is InChI=1S/C23H29NO2/c24-23(25)22-21(26-22)20-17-11-10-16-19(20)15-9-4-2-1-3-6-12-18-13-7-5-8-14-18/h5,7-8,10-11,13-14,16-17,21-22H,1-4,6,9,12,15H2,(H2,24,25)/t21-,22+/m1/s1. The number of epoxide rings is 1. The predicted molar refractivity (Wildman–Crippen MR) is 105 cm³/mol. The minimum absolute atomic E-state index is 0.123. The molecule has 0 aromatic heterocycles. The van der Waals surface area contributed by atoms with Crippen molar-refractivity contribution >= 4 is 5.91 Å². The molecule has 26 heavy (non-hydrogen) atoms. The molecular weight excluding hydrogens is 322 g/mol. The summed E-state index contributed by atoms with van der Waals surface area (Å²) in [6, 6.07) is 19.0. The Bertz CT molecular complexity index is 698. The Hall–Kier alpha value is -2.13. The fourth-order valence-corrected chi connectivity index (χ4v) is 3.60. The molecule has 1 heterocycles. The van der Waals surface area contributed by atoms with Crippen molar-refractivity contribution in [3.63, 3.8) is 0 Å². The highest BCUT2D eigenvalue weighted by Gasteiger charge is 2.45. The van der Waals surface area contributed by atoms with E-state index in [0.717, 1.165) is 12.0 Å². The zero-order chi connectivity index (χ0) is 18.2. The maximum absolute atomic E-state index is 11.2. The van der Waals surface area contributed by atoms with Crippen LogP contribution < -0.4 is 5.73 Å². The second-order valence-corrected chi connectivity index (χ2v) is 7.19. The van der Waals surface area contributed by atoms with Gasteiger partial charge in [0, 0.05) is 0 Å². The van der Waals surface area contributed by atoms with Crippen LogP contribution in [0.5, 0.6) is 0 Å². The molecule has 0 radical (unpaired) electrons. The lowest BCUT2D eigenvalue weighted by atomic mass is 9.97. The highest BCUT2D eigenvalue weighted by Crippen LogP contribution is 2.40. The molecule has 2 aromatic carbocycles. The van der Waals surface area contributed by atoms with Gasteiger partial charge in [0.2, 0.25) is 5.91 Å². The third kappa shape index (κ3) is 5.43. The SMILES string of the molecule is NC(=O)[C@H]1O[C@@H]1c1ccccc1CCCCCCCCc1ccccc1. The highest BCUT2D eigenvalue weighted by molar-refractivity contribution is 5.82. The summed E-state index contributed by atoms with van der Waals surface area (Å²) in [6.45, 7) is 0. The van der Waals surface area contributed by atoms with Crippen LogP contribution in [0, 0.1) is 0 Å². The van der Waals surface area contributed by atoms with Crippen molar-refractivity contribution in [3.05, 3.63) is 71.3 Å². The van der Waals surface area contributed by atoms with Gasteiger partial charge in [-0.3, -0.25) is 4.79 Å². The summed E-state index contributed by atoms with van der Waals surface area (Å²) in [4.78, 5) is 11.2. The van der Waals surface area contributed by atoms with Crippen LogP contribution in [-0.4, -0.2) is 12.0 Å². The van der Waals surface area contributed by atoms with E-state index in [0.29, 0.717) is 0 Å². The molecule has 0 aliphatic carbocycles. The van der Waals surface area contributed by atoms with Gasteiger partial charge >= 0.3 is 0 Å². The number of unbranched alkanes of at least 4 members (excludes halogenated alkanes) is 5. The van der Waals surface area contributed by atoms with Gasteiger partial charge in [-0.25, -0.2) is 0 Å². The van der Waals surface area contributed by atoms with Crippen LogP contribution in [0.15, 0.2) is 54.6 Å². The van der Waals surface area contributed by atoms with Crippen molar-refractivity contribution in [2.24, 2.45) is 5.73 Å². The lowest BCUT2D eigenvalue weighted by molar-refractivity contribution is -0.119. The zero-order valence-corrected chi connectivity index (χ0v) is 15.4. The number of amides is 1. The molecule has 0 spiro atoms. The molecule has 1 aliphatic rings. The second kappa shape index (κ2) is 9.54. The van der Waals surface area contributed by atoms with E-state index in [2.05, 4.69) is 48.5 Å². The molecule has 3 heteroatoms. The molecule has 1 fully saturated rings. The number of primary amides is 1. The monoisotopic (exact) mass is 351 g/mol. The van der Waals surface area contributed by atoms with Gasteiger partial charge in [-0.1, -0.05) is 80.3 Å². The summed E-state index contributed by atoms with van der Waals surface area (Å²) in [5.41, 5.74) is 9.21. The number of nitrogens with two attached hydrogens (primary N) is 1. The molecule has 3 nitrogen and oxygen atoms in total. The molecule has 1 amide bonds. The Kier molecular flexibility index (Phi) is 6.84. The van der Waals surface area contributed by atoms with Crippen LogP contribution >= 0.6 is 0 Å². The van der Waals surface area contributed by atoms with Crippen molar-refractivity contribution < 1.29 is 9.53 Å². The minimum atomic E-state index is -0.430. The summed E-state index contributed by atoms with van der Waals surface area (Å²) in [5, 5.41) is 0. The van der Waals surface area contributed by atoms with Crippen LogP contribution in [0.1, 0.15) is 61.3 Å². The molecule has 2 N–H and O–H groups in total. The van der Waals surface area contributed by atoms with E-state index < -0.39 is 6.10 Å². The Morgan fingerprint density at radius 1 is 0.808 bits per heavy atom. The summed E-state index contributed by atoms with van der Waals surface area (Å²) in [6.07, 6.45) is 9.31. The Morgan fingerprint density at radius 3 is 2.12 bits per heavy atom. The van der Waals surface area contributed by atoms with E-state index >= 15 is 0 Å². The van der Waals surface area contributed by atoms with E-state index in [1.54, 1.807) is 0 Å². The highest BCUT2D eigenvalue weighted by atomic mass is 16.6. The topological polar surface area (TPSA) is 55.6 Å². The van der Waals surface area contributed by atoms with E-state index in [1.165, 1.54) is 56.1 Å². The van der Waals surface area contributed by atoms with Gasteiger partial charge < -0.3 is 10.5 Å². The minimum Gasteiger partial charge on any atom is -0.367 e. The quantitative estimate of drug-likeness (QED) is 0.470. The number of rotatable bonds is 11. The number of benzene rings is 2. The molecule has 3 rings (SSSR count). The normalized spacial score (nSPS) is 18.6. The van der Waals surface area contributed by atoms with E-state index in [4.69, 9.17) is 10.5 Å². The fraction of sp³-hybridized carbons (Fsp3) is 0.435. The molecule has 2 aromatic rings. The van der Waals surface area contributed by atoms with Gasteiger partial charge in [0.25, 0.3) is 0 Å². The van der Waals surface area contributed by atoms with Gasteiger partial charge in [-0.2, -0.15) is 0 Å². The van der Waals surface area contributed by atoms with Crippen LogP contribution in [0.25, 0.3) is 0 Å². The average molecular weight is 351 g/mol.